The molecule has 2 aromatic carbocycles. The van der Waals surface area contributed by atoms with Crippen LogP contribution in [0.5, 0.6) is 0 Å². The molecule has 3 rings (SSSR count). The number of nitrogens with zero attached hydrogens (tertiary/aromatic N) is 2. The number of imidazole rings is 1. The minimum atomic E-state index is -0.217. The van der Waals surface area contributed by atoms with Crippen LogP contribution < -0.4 is 0 Å². The number of halogens is 1. The summed E-state index contributed by atoms with van der Waals surface area (Å²) in [4.78, 5) is 4.80. The van der Waals surface area contributed by atoms with E-state index in [-0.39, 0.29) is 5.38 Å². The third kappa shape index (κ3) is 2.68. The minimum Gasteiger partial charge on any atom is -0.326 e. The van der Waals surface area contributed by atoms with E-state index in [1.54, 1.807) is 0 Å². The van der Waals surface area contributed by atoms with Crippen molar-refractivity contribution in [3.63, 3.8) is 0 Å². The maximum absolute atomic E-state index is 6.70. The van der Waals surface area contributed by atoms with Crippen LogP contribution in [0.4, 0.5) is 0 Å². The number of hydrogen-bond donors (Lipinski definition) is 0. The Morgan fingerprint density at radius 1 is 1.14 bits per heavy atom. The van der Waals surface area contributed by atoms with E-state index in [0.29, 0.717) is 0 Å². The van der Waals surface area contributed by atoms with Crippen molar-refractivity contribution in [3.05, 3.63) is 65.5 Å². The zero-order chi connectivity index (χ0) is 14.8. The zero-order valence-corrected chi connectivity index (χ0v) is 13.1. The van der Waals surface area contributed by atoms with E-state index < -0.39 is 0 Å². The van der Waals surface area contributed by atoms with Gasteiger partial charge in [-0.15, -0.1) is 11.6 Å². The lowest BCUT2D eigenvalue weighted by molar-refractivity contribution is 0.660. The predicted molar refractivity (Wildman–Crippen MR) is 88.9 cm³/mol. The molecule has 0 fully saturated rings. The summed E-state index contributed by atoms with van der Waals surface area (Å²) in [5.41, 5.74) is 4.50. The number of hydrogen-bond acceptors (Lipinski definition) is 1. The van der Waals surface area contributed by atoms with Crippen LogP contribution in [0.2, 0.25) is 0 Å². The molecule has 0 radical (unpaired) electrons. The van der Waals surface area contributed by atoms with E-state index in [1.807, 2.05) is 18.2 Å². The number of rotatable bonds is 4. The van der Waals surface area contributed by atoms with Crippen molar-refractivity contribution in [3.8, 4) is 0 Å². The van der Waals surface area contributed by atoms with Crippen molar-refractivity contribution in [2.45, 2.75) is 32.2 Å². The van der Waals surface area contributed by atoms with E-state index in [0.717, 1.165) is 29.9 Å². The molecule has 0 N–H and O–H groups in total. The van der Waals surface area contributed by atoms with Crippen LogP contribution in [-0.4, -0.2) is 9.55 Å². The van der Waals surface area contributed by atoms with Crippen molar-refractivity contribution >= 4 is 22.6 Å². The first kappa shape index (κ1) is 14.2. The average Bonchev–Trinajstić information content (AvgIpc) is 2.85. The van der Waals surface area contributed by atoms with Gasteiger partial charge in [0, 0.05) is 6.54 Å². The summed E-state index contributed by atoms with van der Waals surface area (Å²) in [5.74, 6) is 0.935. The molecule has 0 aliphatic carbocycles. The van der Waals surface area contributed by atoms with Gasteiger partial charge >= 0.3 is 0 Å². The van der Waals surface area contributed by atoms with Crippen molar-refractivity contribution in [2.75, 3.05) is 0 Å². The second-order valence-electron chi connectivity index (χ2n) is 5.39. The molecule has 21 heavy (non-hydrogen) atoms. The Morgan fingerprint density at radius 2 is 1.90 bits per heavy atom. The number of benzene rings is 2. The van der Waals surface area contributed by atoms with E-state index in [2.05, 4.69) is 48.7 Å². The lowest BCUT2D eigenvalue weighted by atomic mass is 10.1. The van der Waals surface area contributed by atoms with Gasteiger partial charge in [0.1, 0.15) is 11.2 Å². The van der Waals surface area contributed by atoms with Crippen molar-refractivity contribution in [1.29, 1.82) is 0 Å². The van der Waals surface area contributed by atoms with Gasteiger partial charge in [-0.25, -0.2) is 4.98 Å². The molecule has 0 aliphatic rings. The highest BCUT2D eigenvalue weighted by Crippen LogP contribution is 2.31. The summed E-state index contributed by atoms with van der Waals surface area (Å²) >= 11 is 6.70. The number of aromatic nitrogens is 2. The van der Waals surface area contributed by atoms with Gasteiger partial charge in [0.05, 0.1) is 11.0 Å². The predicted octanol–water partition coefficient (Wildman–Crippen LogP) is 5.08. The van der Waals surface area contributed by atoms with Crippen LogP contribution in [0, 0.1) is 6.92 Å². The maximum Gasteiger partial charge on any atom is 0.132 e. The standard InChI is InChI=1S/C18H19ClN2/c1-3-11-21-16-10-9-13(2)12-15(16)20-18(21)17(19)14-7-5-4-6-8-14/h4-10,12,17H,3,11H2,1-2H3. The second kappa shape index (κ2) is 5.90. The monoisotopic (exact) mass is 298 g/mol. The molecule has 3 heteroatoms. The van der Waals surface area contributed by atoms with Gasteiger partial charge in [0.25, 0.3) is 0 Å². The summed E-state index contributed by atoms with van der Waals surface area (Å²) in [6.07, 6.45) is 1.06. The Hall–Kier alpha value is -1.80. The molecule has 1 unspecified atom stereocenters. The molecule has 3 aromatic rings. The summed E-state index contributed by atoms with van der Waals surface area (Å²) in [7, 11) is 0. The fraction of sp³-hybridized carbons (Fsp3) is 0.278. The van der Waals surface area contributed by atoms with Crippen LogP contribution >= 0.6 is 11.6 Å². The van der Waals surface area contributed by atoms with Gasteiger partial charge in [0.2, 0.25) is 0 Å². The fourth-order valence-corrected chi connectivity index (χ4v) is 2.99. The van der Waals surface area contributed by atoms with Crippen LogP contribution in [-0.2, 0) is 6.54 Å². The van der Waals surface area contributed by atoms with Gasteiger partial charge in [-0.2, -0.15) is 0 Å². The molecule has 0 spiro atoms. The summed E-state index contributed by atoms with van der Waals surface area (Å²) in [6.45, 7) is 5.20. The molecule has 2 nitrogen and oxygen atoms in total. The Bertz CT molecular complexity index is 747. The SMILES string of the molecule is CCCn1c(C(Cl)c2ccccc2)nc2cc(C)ccc21. The second-order valence-corrected chi connectivity index (χ2v) is 5.82. The first-order valence-electron chi connectivity index (χ1n) is 7.36. The largest absolute Gasteiger partial charge is 0.326 e. The van der Waals surface area contributed by atoms with E-state index in [4.69, 9.17) is 16.6 Å². The molecule has 1 heterocycles. The number of fused-ring (bicyclic) bond motifs is 1. The highest BCUT2D eigenvalue weighted by Gasteiger charge is 2.19. The average molecular weight is 299 g/mol. The molecular weight excluding hydrogens is 280 g/mol. The molecule has 1 atom stereocenters. The van der Waals surface area contributed by atoms with Gasteiger partial charge in [0.15, 0.2) is 0 Å². The third-order valence-corrected chi connectivity index (χ3v) is 4.15. The Labute approximate surface area is 130 Å². The van der Waals surface area contributed by atoms with Crippen LogP contribution in [0.25, 0.3) is 11.0 Å². The summed E-state index contributed by atoms with van der Waals surface area (Å²) < 4.78 is 2.25. The summed E-state index contributed by atoms with van der Waals surface area (Å²) in [5, 5.41) is -0.217. The Morgan fingerprint density at radius 3 is 2.62 bits per heavy atom. The summed E-state index contributed by atoms with van der Waals surface area (Å²) in [6, 6.07) is 16.5. The lowest BCUT2D eigenvalue weighted by Gasteiger charge is -2.13. The Balaban J connectivity index is 2.14. The van der Waals surface area contributed by atoms with E-state index >= 15 is 0 Å². The van der Waals surface area contributed by atoms with Crippen molar-refractivity contribution in [1.82, 2.24) is 9.55 Å². The zero-order valence-electron chi connectivity index (χ0n) is 12.4. The molecule has 0 amide bonds. The quantitative estimate of drug-likeness (QED) is 0.614. The van der Waals surface area contributed by atoms with Crippen LogP contribution in [0.3, 0.4) is 0 Å². The van der Waals surface area contributed by atoms with E-state index in [9.17, 15) is 0 Å². The molecule has 0 saturated carbocycles. The van der Waals surface area contributed by atoms with Gasteiger partial charge in [-0.1, -0.05) is 43.3 Å². The van der Waals surface area contributed by atoms with Crippen molar-refractivity contribution in [2.24, 2.45) is 0 Å². The smallest absolute Gasteiger partial charge is 0.132 e. The van der Waals surface area contributed by atoms with Crippen LogP contribution in [0.15, 0.2) is 48.5 Å². The topological polar surface area (TPSA) is 17.8 Å². The van der Waals surface area contributed by atoms with Crippen molar-refractivity contribution < 1.29 is 0 Å². The normalized spacial score (nSPS) is 12.7. The third-order valence-electron chi connectivity index (χ3n) is 3.70. The van der Waals surface area contributed by atoms with Gasteiger partial charge < -0.3 is 4.57 Å². The number of aryl methyl sites for hydroxylation is 2. The molecule has 108 valence electrons. The first-order chi connectivity index (χ1) is 10.2. The molecule has 1 aromatic heterocycles. The molecule has 0 saturated heterocycles. The van der Waals surface area contributed by atoms with Gasteiger partial charge in [-0.05, 0) is 36.6 Å². The molecule has 0 bridgehead atoms. The lowest BCUT2D eigenvalue weighted by Crippen LogP contribution is -2.06. The van der Waals surface area contributed by atoms with Gasteiger partial charge in [-0.3, -0.25) is 0 Å². The van der Waals surface area contributed by atoms with E-state index in [1.165, 1.54) is 11.1 Å². The number of alkyl halides is 1. The highest BCUT2D eigenvalue weighted by molar-refractivity contribution is 6.22. The maximum atomic E-state index is 6.70. The molecule has 0 aliphatic heterocycles. The molecular formula is C18H19ClN2. The minimum absolute atomic E-state index is 0.217. The Kier molecular flexibility index (Phi) is 3.98. The first-order valence-corrected chi connectivity index (χ1v) is 7.80. The fourth-order valence-electron chi connectivity index (χ4n) is 2.68. The highest BCUT2D eigenvalue weighted by atomic mass is 35.5. The van der Waals surface area contributed by atoms with Crippen LogP contribution in [0.1, 0.15) is 35.7 Å².